The molecule has 4 heteroatoms. The molecule has 1 aromatic carbocycles. The summed E-state index contributed by atoms with van der Waals surface area (Å²) in [7, 11) is 3.83. The van der Waals surface area contributed by atoms with E-state index < -0.39 is 6.10 Å². The van der Waals surface area contributed by atoms with Crippen molar-refractivity contribution in [3.63, 3.8) is 0 Å². The van der Waals surface area contributed by atoms with Gasteiger partial charge in [-0.1, -0.05) is 17.7 Å². The molecule has 0 radical (unpaired) electrons. The van der Waals surface area contributed by atoms with Crippen LogP contribution in [0.5, 0.6) is 11.5 Å². The molecule has 0 aromatic heterocycles. The van der Waals surface area contributed by atoms with Crippen LogP contribution in [0, 0.1) is 0 Å². The van der Waals surface area contributed by atoms with Gasteiger partial charge in [-0.15, -0.1) is 0 Å². The van der Waals surface area contributed by atoms with Crippen LogP contribution in [0.25, 0.3) is 0 Å². The van der Waals surface area contributed by atoms with E-state index >= 15 is 0 Å². The van der Waals surface area contributed by atoms with Crippen LogP contribution in [0.4, 0.5) is 0 Å². The molecule has 4 nitrogen and oxygen atoms in total. The normalized spacial score (nSPS) is 30.8. The maximum atomic E-state index is 10.1. The highest BCUT2D eigenvalue weighted by atomic mass is 16.5. The van der Waals surface area contributed by atoms with Crippen LogP contribution in [-0.4, -0.2) is 42.9 Å². The fourth-order valence-corrected chi connectivity index (χ4v) is 3.98. The van der Waals surface area contributed by atoms with Gasteiger partial charge in [0, 0.05) is 31.0 Å². The summed E-state index contributed by atoms with van der Waals surface area (Å²) >= 11 is 0. The van der Waals surface area contributed by atoms with Crippen molar-refractivity contribution >= 4 is 0 Å². The van der Waals surface area contributed by atoms with E-state index in [-0.39, 0.29) is 6.10 Å². The van der Waals surface area contributed by atoms with Gasteiger partial charge in [0.2, 0.25) is 0 Å². The third kappa shape index (κ3) is 1.97. The highest BCUT2D eigenvalue weighted by Crippen LogP contribution is 2.53. The van der Waals surface area contributed by atoms with Crippen LogP contribution in [-0.2, 0) is 6.54 Å². The molecule has 1 aliphatic carbocycles. The average Bonchev–Trinajstić information content (AvgIpc) is 2.82. The Morgan fingerprint density at radius 1 is 1.38 bits per heavy atom. The summed E-state index contributed by atoms with van der Waals surface area (Å²) < 4.78 is 11.7. The number of hydrogen-bond donors (Lipinski definition) is 1. The molecule has 0 unspecified atom stereocenters. The summed E-state index contributed by atoms with van der Waals surface area (Å²) in [6.45, 7) is 1.96. The summed E-state index contributed by atoms with van der Waals surface area (Å²) in [5.74, 6) is 1.99. The van der Waals surface area contributed by atoms with Crippen LogP contribution < -0.4 is 9.47 Å². The monoisotopic (exact) mass is 287 g/mol. The van der Waals surface area contributed by atoms with E-state index in [1.165, 1.54) is 16.7 Å². The van der Waals surface area contributed by atoms with E-state index in [2.05, 4.69) is 18.0 Å². The van der Waals surface area contributed by atoms with Crippen molar-refractivity contribution < 1.29 is 14.6 Å². The number of aliphatic hydroxyl groups is 1. The van der Waals surface area contributed by atoms with Gasteiger partial charge < -0.3 is 19.5 Å². The van der Waals surface area contributed by atoms with Crippen molar-refractivity contribution in [2.75, 3.05) is 20.7 Å². The molecule has 0 spiro atoms. The van der Waals surface area contributed by atoms with Gasteiger partial charge in [-0.05, 0) is 25.1 Å². The first-order valence-corrected chi connectivity index (χ1v) is 7.61. The van der Waals surface area contributed by atoms with Crippen molar-refractivity contribution in [3.8, 4) is 11.5 Å². The first-order valence-electron chi connectivity index (χ1n) is 7.61. The summed E-state index contributed by atoms with van der Waals surface area (Å²) in [6, 6.07) is 4.16. The largest absolute Gasteiger partial charge is 0.493 e. The molecule has 4 rings (SSSR count). The fourth-order valence-electron chi connectivity index (χ4n) is 3.98. The summed E-state index contributed by atoms with van der Waals surface area (Å²) in [4.78, 5) is 2.33. The molecule has 3 atom stereocenters. The van der Waals surface area contributed by atoms with Gasteiger partial charge in [0.15, 0.2) is 11.5 Å². The van der Waals surface area contributed by atoms with E-state index in [0.717, 1.165) is 31.0 Å². The number of rotatable bonds is 1. The molecule has 2 heterocycles. The lowest BCUT2D eigenvalue weighted by Crippen LogP contribution is -2.33. The quantitative estimate of drug-likeness (QED) is 0.803. The first-order chi connectivity index (χ1) is 10.2. The Kier molecular flexibility index (Phi) is 2.98. The summed E-state index contributed by atoms with van der Waals surface area (Å²) in [6.07, 6.45) is 3.36. The minimum Gasteiger partial charge on any atom is -0.493 e. The van der Waals surface area contributed by atoms with Gasteiger partial charge in [-0.2, -0.15) is 0 Å². The maximum absolute atomic E-state index is 10.1. The first kappa shape index (κ1) is 13.2. The molecule has 1 N–H and O–H groups in total. The Morgan fingerprint density at radius 3 is 3.05 bits per heavy atom. The van der Waals surface area contributed by atoms with Gasteiger partial charge >= 0.3 is 0 Å². The lowest BCUT2D eigenvalue weighted by atomic mass is 9.77. The third-order valence-electron chi connectivity index (χ3n) is 4.92. The molecule has 3 aliphatic rings. The Bertz CT molecular complexity index is 610. The zero-order valence-electron chi connectivity index (χ0n) is 12.5. The number of benzene rings is 1. The molecular formula is C17H21NO3. The van der Waals surface area contributed by atoms with Gasteiger partial charge in [-0.3, -0.25) is 0 Å². The molecule has 21 heavy (non-hydrogen) atoms. The molecule has 0 amide bonds. The second-order valence-corrected chi connectivity index (χ2v) is 6.34. The summed E-state index contributed by atoms with van der Waals surface area (Å²) in [5, 5.41) is 10.1. The number of methoxy groups -OCH3 is 1. The zero-order valence-corrected chi connectivity index (χ0v) is 12.5. The second-order valence-electron chi connectivity index (χ2n) is 6.34. The van der Waals surface area contributed by atoms with Crippen molar-refractivity contribution in [2.24, 2.45) is 0 Å². The van der Waals surface area contributed by atoms with Gasteiger partial charge in [-0.25, -0.2) is 0 Å². The maximum Gasteiger partial charge on any atom is 0.165 e. The highest BCUT2D eigenvalue weighted by molar-refractivity contribution is 5.59. The molecule has 0 saturated carbocycles. The smallest absolute Gasteiger partial charge is 0.165 e. The van der Waals surface area contributed by atoms with Gasteiger partial charge in [0.1, 0.15) is 6.10 Å². The lowest BCUT2D eigenvalue weighted by molar-refractivity contribution is 0.111. The topological polar surface area (TPSA) is 41.9 Å². The van der Waals surface area contributed by atoms with E-state index in [4.69, 9.17) is 9.47 Å². The molecule has 1 aromatic rings. The fraction of sp³-hybridized carbons (Fsp3) is 0.529. The predicted molar refractivity (Wildman–Crippen MR) is 79.8 cm³/mol. The third-order valence-corrected chi connectivity index (χ3v) is 4.92. The van der Waals surface area contributed by atoms with Crippen LogP contribution >= 0.6 is 0 Å². The highest BCUT2D eigenvalue weighted by Gasteiger charge is 2.44. The second kappa shape index (κ2) is 4.75. The summed E-state index contributed by atoms with van der Waals surface area (Å²) in [5.41, 5.74) is 3.92. The minimum atomic E-state index is -0.394. The van der Waals surface area contributed by atoms with Crippen LogP contribution in [0.2, 0.25) is 0 Å². The molecule has 0 fully saturated rings. The molecular weight excluding hydrogens is 266 g/mol. The average molecular weight is 287 g/mol. The molecule has 2 aliphatic heterocycles. The number of nitrogens with zero attached hydrogens (tertiary/aromatic N) is 1. The molecule has 112 valence electrons. The van der Waals surface area contributed by atoms with Crippen LogP contribution in [0.3, 0.4) is 0 Å². The van der Waals surface area contributed by atoms with E-state index in [1.807, 2.05) is 12.1 Å². The molecule has 0 saturated heterocycles. The van der Waals surface area contributed by atoms with Crippen molar-refractivity contribution in [1.82, 2.24) is 4.90 Å². The van der Waals surface area contributed by atoms with Crippen molar-refractivity contribution in [3.05, 3.63) is 34.9 Å². The van der Waals surface area contributed by atoms with E-state index in [9.17, 15) is 5.11 Å². The minimum absolute atomic E-state index is 0.0495. The Morgan fingerprint density at radius 2 is 2.24 bits per heavy atom. The van der Waals surface area contributed by atoms with Crippen molar-refractivity contribution in [1.29, 1.82) is 0 Å². The van der Waals surface area contributed by atoms with Gasteiger partial charge in [0.05, 0.1) is 13.2 Å². The van der Waals surface area contributed by atoms with Gasteiger partial charge in [0.25, 0.3) is 0 Å². The molecule has 0 bridgehead atoms. The lowest BCUT2D eigenvalue weighted by Gasteiger charge is -2.32. The SMILES string of the molecule is COc1ccc2c3c1O[C@@H]1C[C@@H](O)C=C(CCN(C)C2)[C@@H]31. The predicted octanol–water partition coefficient (Wildman–Crippen LogP) is 2.07. The number of aliphatic hydroxyl groups excluding tert-OH is 1. The number of hydrogen-bond acceptors (Lipinski definition) is 4. The zero-order chi connectivity index (χ0) is 14.6. The number of ether oxygens (including phenoxy) is 2. The van der Waals surface area contributed by atoms with E-state index in [0.29, 0.717) is 12.3 Å². The van der Waals surface area contributed by atoms with Crippen molar-refractivity contribution in [2.45, 2.75) is 37.5 Å². The Labute approximate surface area is 125 Å². The standard InChI is InChI=1S/C17H21NO3/c1-18-6-5-10-7-12(19)8-14-15(10)16-11(9-18)3-4-13(20-2)17(16)21-14/h3-4,7,12,14-15,19H,5-6,8-9H2,1-2H3/t12-,14+,15+/m0/s1. The van der Waals surface area contributed by atoms with E-state index in [1.54, 1.807) is 7.11 Å². The van der Waals surface area contributed by atoms with Crippen LogP contribution in [0.1, 0.15) is 29.9 Å². The van der Waals surface area contributed by atoms with Crippen LogP contribution in [0.15, 0.2) is 23.8 Å². The Hall–Kier alpha value is -1.52. The Balaban J connectivity index is 1.91.